The molecule has 0 fully saturated rings. The van der Waals surface area contributed by atoms with Gasteiger partial charge in [0.05, 0.1) is 6.20 Å². The maximum absolute atomic E-state index is 4.09. The van der Waals surface area contributed by atoms with Crippen molar-refractivity contribution >= 4 is 0 Å². The summed E-state index contributed by atoms with van der Waals surface area (Å²) in [7, 11) is 1.91. The molecule has 0 aliphatic carbocycles. The Morgan fingerprint density at radius 1 is 1.53 bits per heavy atom. The smallest absolute Gasteiger partial charge is 0.137 e. The van der Waals surface area contributed by atoms with Gasteiger partial charge in [0.15, 0.2) is 0 Å². The largest absolute Gasteiger partial charge is 0.312 e. The lowest BCUT2D eigenvalue weighted by Crippen LogP contribution is -2.16. The number of hydrogen-bond acceptors (Lipinski definition) is 4. The van der Waals surface area contributed by atoms with Crippen molar-refractivity contribution in [3.63, 3.8) is 0 Å². The van der Waals surface area contributed by atoms with E-state index in [0.717, 1.165) is 25.3 Å². The summed E-state index contributed by atoms with van der Waals surface area (Å²) in [6.07, 6.45) is 6.25. The second-order valence-corrected chi connectivity index (χ2v) is 3.38. The van der Waals surface area contributed by atoms with Crippen molar-refractivity contribution in [2.75, 3.05) is 6.54 Å². The number of hydrogen-bond donors (Lipinski definition) is 2. The van der Waals surface area contributed by atoms with E-state index in [1.54, 1.807) is 4.68 Å². The topological polar surface area (TPSA) is 71.4 Å². The van der Waals surface area contributed by atoms with Crippen LogP contribution in [0.5, 0.6) is 0 Å². The lowest BCUT2D eigenvalue weighted by Gasteiger charge is -2.00. The van der Waals surface area contributed by atoms with Crippen LogP contribution in [0, 0.1) is 0 Å². The number of aromatic amines is 1. The average molecular weight is 206 g/mol. The second-order valence-electron chi connectivity index (χ2n) is 3.38. The van der Waals surface area contributed by atoms with Gasteiger partial charge < -0.3 is 5.32 Å². The van der Waals surface area contributed by atoms with Gasteiger partial charge in [-0.1, -0.05) is 0 Å². The first-order chi connectivity index (χ1) is 7.34. The second kappa shape index (κ2) is 4.70. The van der Waals surface area contributed by atoms with E-state index in [4.69, 9.17) is 0 Å². The van der Waals surface area contributed by atoms with Crippen LogP contribution >= 0.6 is 0 Å². The van der Waals surface area contributed by atoms with Gasteiger partial charge in [-0.15, -0.1) is 0 Å². The summed E-state index contributed by atoms with van der Waals surface area (Å²) >= 11 is 0. The zero-order chi connectivity index (χ0) is 10.5. The number of aryl methyl sites for hydroxylation is 1. The fraction of sp³-hybridized carbons (Fsp3) is 0.444. The van der Waals surface area contributed by atoms with Gasteiger partial charge in [0.2, 0.25) is 0 Å². The summed E-state index contributed by atoms with van der Waals surface area (Å²) in [5.74, 6) is 0.911. The van der Waals surface area contributed by atoms with Crippen LogP contribution in [0.4, 0.5) is 0 Å². The molecule has 0 bridgehead atoms. The molecular formula is C9H14N6. The normalized spacial score (nSPS) is 10.7. The maximum Gasteiger partial charge on any atom is 0.137 e. The molecular weight excluding hydrogens is 192 g/mol. The van der Waals surface area contributed by atoms with Crippen molar-refractivity contribution in [1.82, 2.24) is 30.3 Å². The van der Waals surface area contributed by atoms with Crippen LogP contribution in [0.2, 0.25) is 0 Å². The van der Waals surface area contributed by atoms with Gasteiger partial charge in [0.1, 0.15) is 12.2 Å². The Balaban J connectivity index is 1.67. The molecule has 0 amide bonds. The Hall–Kier alpha value is -1.69. The number of nitrogens with zero attached hydrogens (tertiary/aromatic N) is 4. The van der Waals surface area contributed by atoms with E-state index >= 15 is 0 Å². The van der Waals surface area contributed by atoms with Crippen LogP contribution in [-0.4, -0.2) is 31.5 Å². The van der Waals surface area contributed by atoms with Crippen LogP contribution < -0.4 is 5.32 Å². The molecule has 2 heterocycles. The Morgan fingerprint density at radius 2 is 2.47 bits per heavy atom. The van der Waals surface area contributed by atoms with Gasteiger partial charge in [-0.3, -0.25) is 9.78 Å². The predicted octanol–water partition coefficient (Wildman–Crippen LogP) is -0.130. The molecule has 6 nitrogen and oxygen atoms in total. The monoisotopic (exact) mass is 206 g/mol. The third-order valence-electron chi connectivity index (χ3n) is 2.09. The highest BCUT2D eigenvalue weighted by Gasteiger charge is 1.97. The summed E-state index contributed by atoms with van der Waals surface area (Å²) in [4.78, 5) is 4.04. The van der Waals surface area contributed by atoms with E-state index in [-0.39, 0.29) is 0 Å². The van der Waals surface area contributed by atoms with Crippen LogP contribution in [0.1, 0.15) is 11.4 Å². The van der Waals surface area contributed by atoms with E-state index in [1.165, 1.54) is 11.9 Å². The van der Waals surface area contributed by atoms with Crippen molar-refractivity contribution in [3.8, 4) is 0 Å². The van der Waals surface area contributed by atoms with Gasteiger partial charge in [-0.2, -0.15) is 10.2 Å². The number of H-pyrrole nitrogens is 1. The molecule has 80 valence electrons. The number of rotatable bonds is 5. The van der Waals surface area contributed by atoms with Gasteiger partial charge in [-0.25, -0.2) is 4.98 Å². The molecule has 2 aromatic rings. The van der Waals surface area contributed by atoms with Crippen molar-refractivity contribution in [2.45, 2.75) is 13.0 Å². The van der Waals surface area contributed by atoms with Crippen molar-refractivity contribution < 1.29 is 0 Å². The van der Waals surface area contributed by atoms with E-state index in [1.807, 2.05) is 19.4 Å². The van der Waals surface area contributed by atoms with Gasteiger partial charge in [0.25, 0.3) is 0 Å². The Kier molecular flexibility index (Phi) is 3.08. The third-order valence-corrected chi connectivity index (χ3v) is 2.09. The fourth-order valence-corrected chi connectivity index (χ4v) is 1.35. The van der Waals surface area contributed by atoms with Crippen LogP contribution in [0.25, 0.3) is 0 Å². The van der Waals surface area contributed by atoms with E-state index in [2.05, 4.69) is 25.6 Å². The van der Waals surface area contributed by atoms with E-state index < -0.39 is 0 Å². The lowest BCUT2D eigenvalue weighted by molar-refractivity contribution is 0.671. The van der Waals surface area contributed by atoms with Crippen LogP contribution in [0.15, 0.2) is 18.7 Å². The zero-order valence-electron chi connectivity index (χ0n) is 8.64. The minimum Gasteiger partial charge on any atom is -0.312 e. The first kappa shape index (κ1) is 9.85. The van der Waals surface area contributed by atoms with Crippen molar-refractivity contribution in [3.05, 3.63) is 30.1 Å². The first-order valence-corrected chi connectivity index (χ1v) is 4.87. The molecule has 0 spiro atoms. The Bertz CT molecular complexity index is 390. The number of aromatic nitrogens is 5. The Morgan fingerprint density at radius 3 is 3.13 bits per heavy atom. The molecule has 0 aromatic carbocycles. The summed E-state index contributed by atoms with van der Waals surface area (Å²) in [5, 5.41) is 14.0. The molecule has 0 atom stereocenters. The quantitative estimate of drug-likeness (QED) is 0.668. The molecule has 0 radical (unpaired) electrons. The molecule has 15 heavy (non-hydrogen) atoms. The molecule has 0 saturated carbocycles. The molecule has 2 rings (SSSR count). The van der Waals surface area contributed by atoms with Gasteiger partial charge in [0, 0.05) is 38.3 Å². The number of nitrogens with one attached hydrogen (secondary N) is 2. The SMILES string of the molecule is Cn1cc(CNCCc2ncn[nH]2)cn1. The third kappa shape index (κ3) is 2.88. The average Bonchev–Trinajstić information content (AvgIpc) is 2.84. The fourth-order valence-electron chi connectivity index (χ4n) is 1.35. The summed E-state index contributed by atoms with van der Waals surface area (Å²) in [5.41, 5.74) is 1.19. The molecule has 0 saturated heterocycles. The van der Waals surface area contributed by atoms with Crippen LogP contribution in [0.3, 0.4) is 0 Å². The minimum atomic E-state index is 0.835. The highest BCUT2D eigenvalue weighted by molar-refractivity contribution is 5.02. The minimum absolute atomic E-state index is 0.835. The molecule has 6 heteroatoms. The summed E-state index contributed by atoms with van der Waals surface area (Å²) < 4.78 is 1.80. The van der Waals surface area contributed by atoms with E-state index in [9.17, 15) is 0 Å². The van der Waals surface area contributed by atoms with Crippen LogP contribution in [-0.2, 0) is 20.0 Å². The van der Waals surface area contributed by atoms with Gasteiger partial charge >= 0.3 is 0 Å². The van der Waals surface area contributed by atoms with Gasteiger partial charge in [-0.05, 0) is 0 Å². The zero-order valence-corrected chi connectivity index (χ0v) is 8.64. The summed E-state index contributed by atoms with van der Waals surface area (Å²) in [6.45, 7) is 1.71. The molecule has 0 unspecified atom stereocenters. The standard InChI is InChI=1S/C9H14N6/c1-15-6-8(5-13-15)4-10-3-2-9-11-7-12-14-9/h5-7,10H,2-4H2,1H3,(H,11,12,14). The Labute approximate surface area is 87.7 Å². The van der Waals surface area contributed by atoms with Crippen molar-refractivity contribution in [1.29, 1.82) is 0 Å². The molecule has 2 aromatic heterocycles. The molecule has 2 N–H and O–H groups in total. The highest BCUT2D eigenvalue weighted by Crippen LogP contribution is 1.94. The molecule has 0 aliphatic rings. The molecule has 0 aliphatic heterocycles. The van der Waals surface area contributed by atoms with Crippen molar-refractivity contribution in [2.24, 2.45) is 7.05 Å². The highest BCUT2D eigenvalue weighted by atomic mass is 15.2. The first-order valence-electron chi connectivity index (χ1n) is 4.87. The lowest BCUT2D eigenvalue weighted by atomic mass is 10.3. The predicted molar refractivity (Wildman–Crippen MR) is 55.0 cm³/mol. The summed E-state index contributed by atoms with van der Waals surface area (Å²) in [6, 6.07) is 0. The van der Waals surface area contributed by atoms with E-state index in [0.29, 0.717) is 0 Å². The maximum atomic E-state index is 4.09.